The first-order valence-electron chi connectivity index (χ1n) is 6.34. The van der Waals surface area contributed by atoms with Crippen LogP contribution in [-0.4, -0.2) is 39.3 Å². The third kappa shape index (κ3) is 4.13. The van der Waals surface area contributed by atoms with E-state index in [2.05, 4.69) is 16.7 Å². The average molecular weight is 240 g/mol. The molecule has 0 aromatic rings. The zero-order valence-electron chi connectivity index (χ0n) is 10.9. The Hall–Kier alpha value is -0.870. The van der Waals surface area contributed by atoms with E-state index in [0.717, 1.165) is 32.4 Å². The summed E-state index contributed by atoms with van der Waals surface area (Å²) in [6.07, 6.45) is 6.67. The van der Waals surface area contributed by atoms with Crippen molar-refractivity contribution in [3.8, 4) is 0 Å². The Balaban J connectivity index is 2.47. The maximum absolute atomic E-state index is 12.2. The van der Waals surface area contributed by atoms with Crippen LogP contribution in [0.4, 0.5) is 0 Å². The highest BCUT2D eigenvalue weighted by atomic mass is 16.5. The molecule has 0 unspecified atom stereocenters. The minimum atomic E-state index is -0.323. The number of piperidine rings is 1. The van der Waals surface area contributed by atoms with Gasteiger partial charge in [-0.15, -0.1) is 0 Å². The van der Waals surface area contributed by atoms with Gasteiger partial charge in [0.05, 0.1) is 12.0 Å². The van der Waals surface area contributed by atoms with Crippen LogP contribution in [0.25, 0.3) is 0 Å². The number of hydrogen-bond acceptors (Lipinski definition) is 3. The first kappa shape index (κ1) is 14.2. The predicted molar refractivity (Wildman–Crippen MR) is 68.9 cm³/mol. The van der Waals surface area contributed by atoms with Gasteiger partial charge in [0.25, 0.3) is 0 Å². The standard InChI is InChI=1S/C13H24N2O2/c1-3-4-5-8-15-12(16)13(11-17-2)6-9-14-10-7-13/h3-4,14H,5-11H2,1-2H3,(H,15,16)/b4-3+. The summed E-state index contributed by atoms with van der Waals surface area (Å²) in [5.74, 6) is 0.144. The Morgan fingerprint density at radius 2 is 2.18 bits per heavy atom. The van der Waals surface area contributed by atoms with E-state index >= 15 is 0 Å². The van der Waals surface area contributed by atoms with E-state index < -0.39 is 0 Å². The summed E-state index contributed by atoms with van der Waals surface area (Å²) in [5, 5.41) is 6.30. The van der Waals surface area contributed by atoms with E-state index in [0.29, 0.717) is 13.2 Å². The van der Waals surface area contributed by atoms with Crippen LogP contribution in [0.5, 0.6) is 0 Å². The van der Waals surface area contributed by atoms with Gasteiger partial charge in [-0.3, -0.25) is 4.79 Å². The predicted octanol–water partition coefficient (Wildman–Crippen LogP) is 1.08. The Morgan fingerprint density at radius 1 is 1.47 bits per heavy atom. The molecule has 4 heteroatoms. The average Bonchev–Trinajstić information content (AvgIpc) is 2.36. The topological polar surface area (TPSA) is 50.4 Å². The van der Waals surface area contributed by atoms with E-state index in [1.54, 1.807) is 7.11 Å². The van der Waals surface area contributed by atoms with E-state index in [4.69, 9.17) is 4.74 Å². The molecule has 1 fully saturated rings. The summed E-state index contributed by atoms with van der Waals surface area (Å²) in [7, 11) is 1.66. The van der Waals surface area contributed by atoms with Crippen LogP contribution in [0, 0.1) is 5.41 Å². The van der Waals surface area contributed by atoms with Crippen LogP contribution in [0.1, 0.15) is 26.2 Å². The first-order valence-corrected chi connectivity index (χ1v) is 6.34. The molecule has 0 aromatic carbocycles. The largest absolute Gasteiger partial charge is 0.384 e. The number of nitrogens with one attached hydrogen (secondary N) is 2. The number of ether oxygens (including phenoxy) is 1. The fourth-order valence-corrected chi connectivity index (χ4v) is 2.24. The van der Waals surface area contributed by atoms with E-state index in [9.17, 15) is 4.79 Å². The molecule has 4 nitrogen and oxygen atoms in total. The van der Waals surface area contributed by atoms with Gasteiger partial charge < -0.3 is 15.4 Å². The molecular weight excluding hydrogens is 216 g/mol. The van der Waals surface area contributed by atoms with Crippen molar-refractivity contribution in [2.45, 2.75) is 26.2 Å². The summed E-state index contributed by atoms with van der Waals surface area (Å²) < 4.78 is 5.23. The summed E-state index contributed by atoms with van der Waals surface area (Å²) in [6, 6.07) is 0. The molecule has 0 spiro atoms. The molecule has 1 aliphatic heterocycles. The quantitative estimate of drug-likeness (QED) is 0.539. The highest BCUT2D eigenvalue weighted by Crippen LogP contribution is 2.29. The zero-order chi connectivity index (χ0) is 12.6. The maximum atomic E-state index is 12.2. The number of carbonyl (C=O) groups excluding carboxylic acids is 1. The molecule has 0 radical (unpaired) electrons. The number of amides is 1. The lowest BCUT2D eigenvalue weighted by Crippen LogP contribution is -2.50. The highest BCUT2D eigenvalue weighted by Gasteiger charge is 2.39. The van der Waals surface area contributed by atoms with Crippen molar-refractivity contribution in [1.29, 1.82) is 0 Å². The summed E-state index contributed by atoms with van der Waals surface area (Å²) in [4.78, 5) is 12.2. The Bertz CT molecular complexity index is 253. The van der Waals surface area contributed by atoms with Crippen LogP contribution in [0.2, 0.25) is 0 Å². The molecule has 0 saturated carbocycles. The molecule has 1 amide bonds. The van der Waals surface area contributed by atoms with Crippen molar-refractivity contribution < 1.29 is 9.53 Å². The van der Waals surface area contributed by atoms with E-state index in [1.807, 2.05) is 13.0 Å². The molecule has 0 aromatic heterocycles. The zero-order valence-corrected chi connectivity index (χ0v) is 10.9. The Labute approximate surface area is 104 Å². The SMILES string of the molecule is C/C=C/CCNC(=O)C1(COC)CCNCC1. The van der Waals surface area contributed by atoms with Crippen molar-refractivity contribution in [3.05, 3.63) is 12.2 Å². The lowest BCUT2D eigenvalue weighted by molar-refractivity contribution is -0.136. The van der Waals surface area contributed by atoms with E-state index in [-0.39, 0.29) is 11.3 Å². The first-order chi connectivity index (χ1) is 8.25. The van der Waals surface area contributed by atoms with Gasteiger partial charge in [-0.05, 0) is 39.3 Å². The second kappa shape index (κ2) is 7.45. The third-order valence-corrected chi connectivity index (χ3v) is 3.30. The number of hydrogen-bond donors (Lipinski definition) is 2. The molecule has 1 aliphatic rings. The number of methoxy groups -OCH3 is 1. The Kier molecular flexibility index (Phi) is 6.22. The molecule has 0 atom stereocenters. The molecule has 1 rings (SSSR count). The summed E-state index contributed by atoms with van der Waals surface area (Å²) in [6.45, 7) is 5.00. The van der Waals surface area contributed by atoms with Crippen LogP contribution in [-0.2, 0) is 9.53 Å². The van der Waals surface area contributed by atoms with Crippen LogP contribution >= 0.6 is 0 Å². The maximum Gasteiger partial charge on any atom is 0.228 e. The second-order valence-corrected chi connectivity index (χ2v) is 4.58. The van der Waals surface area contributed by atoms with Gasteiger partial charge in [-0.1, -0.05) is 12.2 Å². The van der Waals surface area contributed by atoms with Gasteiger partial charge in [-0.25, -0.2) is 0 Å². The molecule has 17 heavy (non-hydrogen) atoms. The minimum absolute atomic E-state index is 0.144. The van der Waals surface area contributed by atoms with Crippen molar-refractivity contribution >= 4 is 5.91 Å². The third-order valence-electron chi connectivity index (χ3n) is 3.30. The lowest BCUT2D eigenvalue weighted by atomic mass is 9.78. The Morgan fingerprint density at radius 3 is 2.76 bits per heavy atom. The molecule has 98 valence electrons. The van der Waals surface area contributed by atoms with Crippen molar-refractivity contribution in [3.63, 3.8) is 0 Å². The van der Waals surface area contributed by atoms with Crippen LogP contribution in [0.3, 0.4) is 0 Å². The normalized spacial score (nSPS) is 19.4. The van der Waals surface area contributed by atoms with Gasteiger partial charge in [-0.2, -0.15) is 0 Å². The number of allylic oxidation sites excluding steroid dienone is 1. The molecule has 1 saturated heterocycles. The molecular formula is C13H24N2O2. The van der Waals surface area contributed by atoms with Gasteiger partial charge in [0, 0.05) is 13.7 Å². The molecule has 2 N–H and O–H groups in total. The smallest absolute Gasteiger partial charge is 0.228 e. The van der Waals surface area contributed by atoms with Gasteiger partial charge >= 0.3 is 0 Å². The van der Waals surface area contributed by atoms with Crippen LogP contribution in [0.15, 0.2) is 12.2 Å². The van der Waals surface area contributed by atoms with Gasteiger partial charge in [0.2, 0.25) is 5.91 Å². The number of rotatable bonds is 6. The summed E-state index contributed by atoms with van der Waals surface area (Å²) in [5.41, 5.74) is -0.323. The van der Waals surface area contributed by atoms with Crippen LogP contribution < -0.4 is 10.6 Å². The van der Waals surface area contributed by atoms with Gasteiger partial charge in [0.15, 0.2) is 0 Å². The highest BCUT2D eigenvalue weighted by molar-refractivity contribution is 5.83. The fraction of sp³-hybridized carbons (Fsp3) is 0.769. The van der Waals surface area contributed by atoms with Crippen molar-refractivity contribution in [1.82, 2.24) is 10.6 Å². The van der Waals surface area contributed by atoms with Crippen molar-refractivity contribution in [2.24, 2.45) is 5.41 Å². The van der Waals surface area contributed by atoms with Gasteiger partial charge in [0.1, 0.15) is 0 Å². The molecule has 0 aliphatic carbocycles. The number of carbonyl (C=O) groups is 1. The molecule has 1 heterocycles. The van der Waals surface area contributed by atoms with Crippen molar-refractivity contribution in [2.75, 3.05) is 33.4 Å². The summed E-state index contributed by atoms with van der Waals surface area (Å²) >= 11 is 0. The fourth-order valence-electron chi connectivity index (χ4n) is 2.24. The molecule has 0 bridgehead atoms. The monoisotopic (exact) mass is 240 g/mol. The van der Waals surface area contributed by atoms with E-state index in [1.165, 1.54) is 0 Å². The lowest BCUT2D eigenvalue weighted by Gasteiger charge is -2.35. The minimum Gasteiger partial charge on any atom is -0.384 e. The second-order valence-electron chi connectivity index (χ2n) is 4.58.